The van der Waals surface area contributed by atoms with Gasteiger partial charge >= 0.3 is 0 Å². The lowest BCUT2D eigenvalue weighted by Crippen LogP contribution is -2.60. The van der Waals surface area contributed by atoms with Crippen molar-refractivity contribution in [3.8, 4) is 0 Å². The van der Waals surface area contributed by atoms with Gasteiger partial charge < -0.3 is 16.2 Å². The third-order valence-electron chi connectivity index (χ3n) is 2.92. The van der Waals surface area contributed by atoms with Gasteiger partial charge in [0, 0.05) is 19.1 Å². The van der Waals surface area contributed by atoms with E-state index in [0.717, 1.165) is 13.0 Å². The molecule has 1 saturated heterocycles. The van der Waals surface area contributed by atoms with Crippen LogP contribution in [0.2, 0.25) is 0 Å². The molecule has 1 aliphatic rings. The predicted octanol–water partition coefficient (Wildman–Crippen LogP) is -0.700. The van der Waals surface area contributed by atoms with Gasteiger partial charge in [0.1, 0.15) is 5.54 Å². The summed E-state index contributed by atoms with van der Waals surface area (Å²) < 4.78 is 5.38. The zero-order valence-corrected chi connectivity index (χ0v) is 9.53. The molecule has 0 saturated carbocycles. The zero-order valence-electron chi connectivity index (χ0n) is 9.53. The average molecular weight is 215 g/mol. The molecule has 1 fully saturated rings. The molecule has 1 aliphatic heterocycles. The lowest BCUT2D eigenvalue weighted by Gasteiger charge is -2.38. The van der Waals surface area contributed by atoms with Crippen LogP contribution in [0.4, 0.5) is 0 Å². The molecule has 0 aromatic heterocycles. The molecule has 5 nitrogen and oxygen atoms in total. The number of carbonyl (C=O) groups is 1. The number of rotatable bonds is 4. The second-order valence-corrected chi connectivity index (χ2v) is 4.39. The monoisotopic (exact) mass is 215 g/mol. The van der Waals surface area contributed by atoms with Crippen LogP contribution in [0.1, 0.15) is 20.3 Å². The van der Waals surface area contributed by atoms with Crippen molar-refractivity contribution < 1.29 is 9.53 Å². The van der Waals surface area contributed by atoms with Crippen LogP contribution in [-0.4, -0.2) is 48.7 Å². The predicted molar refractivity (Wildman–Crippen MR) is 58.3 cm³/mol. The summed E-state index contributed by atoms with van der Waals surface area (Å²) in [5.74, 6) is -0.455. The number of hydrogen-bond donors (Lipinski definition) is 2. The molecular formula is C10H21N3O2. The number of ether oxygens (including phenoxy) is 1. The van der Waals surface area contributed by atoms with Crippen molar-refractivity contribution >= 4 is 5.91 Å². The number of amides is 1. The van der Waals surface area contributed by atoms with E-state index < -0.39 is 11.4 Å². The molecule has 0 aliphatic carbocycles. The molecule has 1 rings (SSSR count). The summed E-state index contributed by atoms with van der Waals surface area (Å²) in [4.78, 5) is 13.3. The Morgan fingerprint density at radius 1 is 1.67 bits per heavy atom. The van der Waals surface area contributed by atoms with Gasteiger partial charge in [0.2, 0.25) is 5.91 Å². The van der Waals surface area contributed by atoms with Crippen LogP contribution in [0, 0.1) is 0 Å². The van der Waals surface area contributed by atoms with Gasteiger partial charge in [0.05, 0.1) is 13.2 Å². The minimum absolute atomic E-state index is 0.348. The summed E-state index contributed by atoms with van der Waals surface area (Å²) >= 11 is 0. The molecule has 0 spiro atoms. The molecule has 2 atom stereocenters. The van der Waals surface area contributed by atoms with Crippen LogP contribution < -0.4 is 11.5 Å². The molecule has 1 heterocycles. The van der Waals surface area contributed by atoms with Gasteiger partial charge in [-0.05, 0) is 13.3 Å². The van der Waals surface area contributed by atoms with Crippen LogP contribution in [-0.2, 0) is 9.53 Å². The van der Waals surface area contributed by atoms with Crippen LogP contribution >= 0.6 is 0 Å². The van der Waals surface area contributed by atoms with Crippen molar-refractivity contribution in [2.24, 2.45) is 11.5 Å². The van der Waals surface area contributed by atoms with E-state index in [9.17, 15) is 4.79 Å². The second kappa shape index (κ2) is 4.92. The number of primary amides is 1. The van der Waals surface area contributed by atoms with Crippen molar-refractivity contribution in [1.29, 1.82) is 0 Å². The highest BCUT2D eigenvalue weighted by atomic mass is 16.5. The van der Waals surface area contributed by atoms with E-state index in [2.05, 4.69) is 11.8 Å². The summed E-state index contributed by atoms with van der Waals surface area (Å²) in [6.45, 7) is 6.52. The van der Waals surface area contributed by atoms with Crippen molar-refractivity contribution in [1.82, 2.24) is 4.90 Å². The van der Waals surface area contributed by atoms with Crippen LogP contribution in [0.3, 0.4) is 0 Å². The fourth-order valence-electron chi connectivity index (χ4n) is 1.77. The third kappa shape index (κ3) is 3.15. The molecule has 5 heteroatoms. The van der Waals surface area contributed by atoms with E-state index >= 15 is 0 Å². The van der Waals surface area contributed by atoms with Crippen LogP contribution in [0.25, 0.3) is 0 Å². The van der Waals surface area contributed by atoms with Gasteiger partial charge in [0.25, 0.3) is 0 Å². The Hall–Kier alpha value is -0.650. The molecule has 0 bridgehead atoms. The standard InChI is InChI=1S/C10H21N3O2/c1-3-8-6-15-5-4-13(8)7-10(2,12)9(11)14/h8H,3-7,12H2,1-2H3,(H2,11,14). The quantitative estimate of drug-likeness (QED) is 0.649. The summed E-state index contributed by atoms with van der Waals surface area (Å²) in [6.07, 6.45) is 0.995. The Balaban J connectivity index is 2.58. The highest BCUT2D eigenvalue weighted by Gasteiger charge is 2.32. The molecule has 88 valence electrons. The fraction of sp³-hybridized carbons (Fsp3) is 0.900. The zero-order chi connectivity index (χ0) is 11.5. The van der Waals surface area contributed by atoms with Crippen LogP contribution in [0.15, 0.2) is 0 Å². The molecule has 0 aromatic carbocycles. The molecule has 1 amide bonds. The molecule has 0 aromatic rings. The SMILES string of the molecule is CCC1COCCN1CC(C)(N)C(N)=O. The topological polar surface area (TPSA) is 81.6 Å². The lowest BCUT2D eigenvalue weighted by atomic mass is 10.0. The van der Waals surface area contributed by atoms with E-state index in [1.165, 1.54) is 0 Å². The first-order valence-electron chi connectivity index (χ1n) is 5.38. The maximum atomic E-state index is 11.1. The fourth-order valence-corrected chi connectivity index (χ4v) is 1.77. The Bertz CT molecular complexity index is 231. The first kappa shape index (κ1) is 12.4. The molecular weight excluding hydrogens is 194 g/mol. The van der Waals surface area contributed by atoms with Crippen molar-refractivity contribution in [3.05, 3.63) is 0 Å². The van der Waals surface area contributed by atoms with E-state index in [-0.39, 0.29) is 0 Å². The van der Waals surface area contributed by atoms with E-state index in [4.69, 9.17) is 16.2 Å². The Morgan fingerprint density at radius 2 is 2.33 bits per heavy atom. The maximum absolute atomic E-state index is 11.1. The Labute approximate surface area is 90.7 Å². The van der Waals surface area contributed by atoms with Gasteiger partial charge in [-0.2, -0.15) is 0 Å². The van der Waals surface area contributed by atoms with Gasteiger partial charge in [-0.3, -0.25) is 9.69 Å². The summed E-state index contributed by atoms with van der Waals surface area (Å²) in [7, 11) is 0. The summed E-state index contributed by atoms with van der Waals surface area (Å²) in [5.41, 5.74) is 10.1. The van der Waals surface area contributed by atoms with Gasteiger partial charge in [-0.25, -0.2) is 0 Å². The first-order chi connectivity index (χ1) is 6.97. The van der Waals surface area contributed by atoms with E-state index in [0.29, 0.717) is 25.8 Å². The number of hydrogen-bond acceptors (Lipinski definition) is 4. The van der Waals surface area contributed by atoms with Gasteiger partial charge in [-0.1, -0.05) is 6.92 Å². The van der Waals surface area contributed by atoms with Crippen molar-refractivity contribution in [2.45, 2.75) is 31.8 Å². The lowest BCUT2D eigenvalue weighted by molar-refractivity contribution is -0.124. The third-order valence-corrected chi connectivity index (χ3v) is 2.92. The maximum Gasteiger partial charge on any atom is 0.238 e. The average Bonchev–Trinajstić information content (AvgIpc) is 2.18. The number of morpholine rings is 1. The second-order valence-electron chi connectivity index (χ2n) is 4.39. The smallest absolute Gasteiger partial charge is 0.238 e. The number of carbonyl (C=O) groups excluding carboxylic acids is 1. The van der Waals surface area contributed by atoms with E-state index in [1.54, 1.807) is 6.92 Å². The van der Waals surface area contributed by atoms with E-state index in [1.807, 2.05) is 0 Å². The number of nitrogens with zero attached hydrogens (tertiary/aromatic N) is 1. The molecule has 4 N–H and O–H groups in total. The number of nitrogens with two attached hydrogens (primary N) is 2. The molecule has 2 unspecified atom stereocenters. The minimum atomic E-state index is -0.954. The minimum Gasteiger partial charge on any atom is -0.378 e. The van der Waals surface area contributed by atoms with Crippen molar-refractivity contribution in [3.63, 3.8) is 0 Å². The summed E-state index contributed by atoms with van der Waals surface area (Å²) in [5, 5.41) is 0. The highest BCUT2D eigenvalue weighted by Crippen LogP contribution is 2.13. The Morgan fingerprint density at radius 3 is 2.87 bits per heavy atom. The highest BCUT2D eigenvalue weighted by molar-refractivity contribution is 5.84. The molecule has 15 heavy (non-hydrogen) atoms. The first-order valence-corrected chi connectivity index (χ1v) is 5.38. The van der Waals surface area contributed by atoms with Gasteiger partial charge in [0.15, 0.2) is 0 Å². The van der Waals surface area contributed by atoms with Crippen LogP contribution in [0.5, 0.6) is 0 Å². The molecule has 0 radical (unpaired) electrons. The Kier molecular flexibility index (Phi) is 4.07. The normalized spacial score (nSPS) is 27.3. The summed E-state index contributed by atoms with van der Waals surface area (Å²) in [6, 6.07) is 0.348. The largest absolute Gasteiger partial charge is 0.378 e. The van der Waals surface area contributed by atoms with Gasteiger partial charge in [-0.15, -0.1) is 0 Å². The van der Waals surface area contributed by atoms with Crippen molar-refractivity contribution in [2.75, 3.05) is 26.3 Å².